The van der Waals surface area contributed by atoms with E-state index in [9.17, 15) is 14.0 Å². The maximum Gasteiger partial charge on any atom is 0.409 e. The van der Waals surface area contributed by atoms with Gasteiger partial charge in [0, 0.05) is 38.2 Å². The molecule has 1 fully saturated rings. The summed E-state index contributed by atoms with van der Waals surface area (Å²) >= 11 is 0. The zero-order valence-electron chi connectivity index (χ0n) is 19.4. The van der Waals surface area contributed by atoms with Crippen LogP contribution in [0.2, 0.25) is 0 Å². The monoisotopic (exact) mass is 468 g/mol. The topological polar surface area (TPSA) is 74.7 Å². The molecule has 4 rings (SSSR count). The number of halogens is 1. The van der Waals surface area contributed by atoms with Gasteiger partial charge >= 0.3 is 6.09 Å². The quantitative estimate of drug-likeness (QED) is 0.651. The number of amides is 2. The number of nitrogens with zero attached hydrogens (tertiary/aromatic N) is 4. The average Bonchev–Trinajstić information content (AvgIpc) is 3.30. The van der Waals surface area contributed by atoms with Gasteiger partial charge in [0.05, 0.1) is 32.0 Å². The van der Waals surface area contributed by atoms with Crippen molar-refractivity contribution in [2.45, 2.75) is 19.4 Å². The number of ether oxygens (including phenoxy) is 2. The van der Waals surface area contributed by atoms with Gasteiger partial charge in [-0.15, -0.1) is 0 Å². The molecule has 2 aromatic carbocycles. The summed E-state index contributed by atoms with van der Waals surface area (Å²) in [6.07, 6.45) is 0.162. The largest absolute Gasteiger partial charge is 0.497 e. The van der Waals surface area contributed by atoms with Gasteiger partial charge < -0.3 is 14.4 Å². The highest BCUT2D eigenvalue weighted by molar-refractivity contribution is 6.03. The normalized spacial score (nSPS) is 18.6. The van der Waals surface area contributed by atoms with E-state index in [4.69, 9.17) is 9.47 Å². The fourth-order valence-corrected chi connectivity index (χ4v) is 4.24. The zero-order valence-corrected chi connectivity index (χ0v) is 19.4. The molecule has 0 saturated carbocycles. The molecule has 0 aliphatic carbocycles. The number of piperazine rings is 1. The van der Waals surface area contributed by atoms with Crippen LogP contribution >= 0.6 is 0 Å². The molecule has 34 heavy (non-hydrogen) atoms. The Balaban J connectivity index is 1.49. The summed E-state index contributed by atoms with van der Waals surface area (Å²) in [7, 11) is 1.60. The van der Waals surface area contributed by atoms with Crippen LogP contribution in [0.5, 0.6) is 5.75 Å². The molecule has 2 aliphatic rings. The van der Waals surface area contributed by atoms with Crippen molar-refractivity contribution in [3.63, 3.8) is 0 Å². The lowest BCUT2D eigenvalue weighted by Crippen LogP contribution is -2.51. The number of benzene rings is 2. The van der Waals surface area contributed by atoms with Crippen LogP contribution in [0.15, 0.2) is 53.6 Å². The van der Waals surface area contributed by atoms with Crippen molar-refractivity contribution in [1.82, 2.24) is 14.8 Å². The van der Waals surface area contributed by atoms with Crippen LogP contribution < -0.4 is 4.74 Å². The first-order chi connectivity index (χ1) is 16.5. The SMILES string of the molecule is CCOC(=O)N1CCN(CC(=O)N2N=C(c3cccc(F)c3)CC2c2ccc(OC)cc2)CC1. The van der Waals surface area contributed by atoms with Crippen LogP contribution in [0.25, 0.3) is 0 Å². The van der Waals surface area contributed by atoms with E-state index in [1.165, 1.54) is 17.1 Å². The molecule has 2 heterocycles. The van der Waals surface area contributed by atoms with E-state index in [2.05, 4.69) is 5.10 Å². The number of carbonyl (C=O) groups excluding carboxylic acids is 2. The first-order valence-corrected chi connectivity index (χ1v) is 11.4. The van der Waals surface area contributed by atoms with E-state index in [-0.39, 0.29) is 30.4 Å². The third-order valence-electron chi connectivity index (χ3n) is 6.08. The highest BCUT2D eigenvalue weighted by Gasteiger charge is 2.34. The van der Waals surface area contributed by atoms with Gasteiger partial charge in [-0.25, -0.2) is 14.2 Å². The van der Waals surface area contributed by atoms with E-state index in [1.54, 1.807) is 31.1 Å². The van der Waals surface area contributed by atoms with Gasteiger partial charge in [-0.1, -0.05) is 24.3 Å². The number of methoxy groups -OCH3 is 1. The van der Waals surface area contributed by atoms with Gasteiger partial charge in [-0.05, 0) is 36.8 Å². The maximum atomic E-state index is 13.8. The lowest BCUT2D eigenvalue weighted by atomic mass is 9.98. The molecule has 0 spiro atoms. The molecule has 0 aromatic heterocycles. The van der Waals surface area contributed by atoms with Crippen molar-refractivity contribution in [3.8, 4) is 5.75 Å². The number of carbonyl (C=O) groups is 2. The van der Waals surface area contributed by atoms with Crippen molar-refractivity contribution < 1.29 is 23.5 Å². The summed E-state index contributed by atoms with van der Waals surface area (Å²) in [5.74, 6) is 0.243. The van der Waals surface area contributed by atoms with Gasteiger partial charge in [-0.2, -0.15) is 5.10 Å². The minimum absolute atomic E-state index is 0.142. The van der Waals surface area contributed by atoms with Crippen LogP contribution in [-0.4, -0.2) is 79.0 Å². The fourth-order valence-electron chi connectivity index (χ4n) is 4.24. The molecule has 1 unspecified atom stereocenters. The third kappa shape index (κ3) is 5.36. The minimum atomic E-state index is -0.342. The Bertz CT molecular complexity index is 1050. The number of rotatable bonds is 6. The Labute approximate surface area is 198 Å². The van der Waals surface area contributed by atoms with E-state index in [0.29, 0.717) is 50.5 Å². The summed E-state index contributed by atoms with van der Waals surface area (Å²) in [5, 5.41) is 6.14. The van der Waals surface area contributed by atoms with Crippen LogP contribution in [0, 0.1) is 5.82 Å². The van der Waals surface area contributed by atoms with Crippen molar-refractivity contribution in [1.29, 1.82) is 0 Å². The van der Waals surface area contributed by atoms with Gasteiger partial charge in [0.2, 0.25) is 0 Å². The molecule has 2 aliphatic heterocycles. The molecule has 0 N–H and O–H groups in total. The molecule has 2 amide bonds. The molecular weight excluding hydrogens is 439 g/mol. The Morgan fingerprint density at radius 3 is 2.47 bits per heavy atom. The molecular formula is C25H29FN4O4. The molecule has 0 bridgehead atoms. The lowest BCUT2D eigenvalue weighted by molar-refractivity contribution is -0.134. The van der Waals surface area contributed by atoms with E-state index in [0.717, 1.165) is 11.3 Å². The molecule has 2 aromatic rings. The van der Waals surface area contributed by atoms with Crippen molar-refractivity contribution in [3.05, 3.63) is 65.5 Å². The van der Waals surface area contributed by atoms with Gasteiger partial charge in [0.1, 0.15) is 11.6 Å². The standard InChI is InChI=1S/C25H29FN4O4/c1-3-34-25(32)29-13-11-28(12-14-29)17-24(31)30-23(18-7-9-21(33-2)10-8-18)16-22(27-30)19-5-4-6-20(26)15-19/h4-10,15,23H,3,11-14,16-17H2,1-2H3. The summed E-state index contributed by atoms with van der Waals surface area (Å²) in [6.45, 7) is 4.46. The minimum Gasteiger partial charge on any atom is -0.497 e. The predicted octanol–water partition coefficient (Wildman–Crippen LogP) is 3.29. The molecule has 1 atom stereocenters. The summed E-state index contributed by atoms with van der Waals surface area (Å²) in [4.78, 5) is 29.0. The van der Waals surface area contributed by atoms with E-state index < -0.39 is 0 Å². The molecule has 1 saturated heterocycles. The Hall–Kier alpha value is -3.46. The second-order valence-electron chi connectivity index (χ2n) is 8.25. The summed E-state index contributed by atoms with van der Waals surface area (Å²) < 4.78 is 24.1. The molecule has 180 valence electrons. The van der Waals surface area contributed by atoms with Crippen LogP contribution in [0.4, 0.5) is 9.18 Å². The lowest BCUT2D eigenvalue weighted by Gasteiger charge is -2.34. The van der Waals surface area contributed by atoms with Crippen LogP contribution in [0.3, 0.4) is 0 Å². The molecule has 0 radical (unpaired) electrons. The van der Waals surface area contributed by atoms with E-state index >= 15 is 0 Å². The Kier molecular flexibility index (Phi) is 7.42. The van der Waals surface area contributed by atoms with Gasteiger partial charge in [-0.3, -0.25) is 9.69 Å². The number of hydrogen-bond donors (Lipinski definition) is 0. The molecule has 9 heteroatoms. The highest BCUT2D eigenvalue weighted by atomic mass is 19.1. The Morgan fingerprint density at radius 2 is 1.82 bits per heavy atom. The zero-order chi connectivity index (χ0) is 24.1. The van der Waals surface area contributed by atoms with E-state index in [1.807, 2.05) is 29.2 Å². The van der Waals surface area contributed by atoms with Crippen LogP contribution in [-0.2, 0) is 9.53 Å². The second-order valence-corrected chi connectivity index (χ2v) is 8.25. The average molecular weight is 469 g/mol. The fraction of sp³-hybridized carbons (Fsp3) is 0.400. The Morgan fingerprint density at radius 1 is 1.09 bits per heavy atom. The van der Waals surface area contributed by atoms with Crippen molar-refractivity contribution >= 4 is 17.7 Å². The maximum absolute atomic E-state index is 13.8. The first kappa shape index (κ1) is 23.7. The van der Waals surface area contributed by atoms with Crippen LogP contribution in [0.1, 0.15) is 30.5 Å². The third-order valence-corrected chi connectivity index (χ3v) is 6.08. The summed E-state index contributed by atoms with van der Waals surface area (Å²) in [5.41, 5.74) is 2.26. The first-order valence-electron chi connectivity index (χ1n) is 11.4. The second kappa shape index (κ2) is 10.6. The van der Waals surface area contributed by atoms with Crippen molar-refractivity contribution in [2.24, 2.45) is 5.10 Å². The summed E-state index contributed by atoms with van der Waals surface area (Å²) in [6, 6.07) is 13.5. The highest BCUT2D eigenvalue weighted by Crippen LogP contribution is 2.34. The van der Waals surface area contributed by atoms with Crippen molar-refractivity contribution in [2.75, 3.05) is 46.4 Å². The smallest absolute Gasteiger partial charge is 0.409 e. The predicted molar refractivity (Wildman–Crippen MR) is 125 cm³/mol. The number of hydrazone groups is 1. The van der Waals surface area contributed by atoms with Gasteiger partial charge in [0.15, 0.2) is 0 Å². The molecule has 8 nitrogen and oxygen atoms in total. The number of hydrogen-bond acceptors (Lipinski definition) is 6. The van der Waals surface area contributed by atoms with Gasteiger partial charge in [0.25, 0.3) is 5.91 Å².